The van der Waals surface area contributed by atoms with Crippen molar-refractivity contribution in [3.8, 4) is 5.75 Å². The van der Waals surface area contributed by atoms with E-state index in [0.717, 1.165) is 0 Å². The van der Waals surface area contributed by atoms with Crippen molar-refractivity contribution in [2.24, 2.45) is 0 Å². The molecule has 1 aliphatic heterocycles. The topological polar surface area (TPSA) is 84.4 Å². The Hall–Kier alpha value is -1.90. The van der Waals surface area contributed by atoms with Crippen molar-refractivity contribution in [3.63, 3.8) is 0 Å². The minimum absolute atomic E-state index is 0.00944. The van der Waals surface area contributed by atoms with E-state index in [1.54, 1.807) is 24.4 Å². The number of hydrogen-bond acceptors (Lipinski definition) is 6. The molecule has 0 radical (unpaired) electrons. The number of methoxy groups -OCH3 is 1. The van der Waals surface area contributed by atoms with E-state index in [4.69, 9.17) is 16.3 Å². The van der Waals surface area contributed by atoms with Gasteiger partial charge in [0.2, 0.25) is 10.0 Å². The lowest BCUT2D eigenvalue weighted by atomic mass is 10.2. The van der Waals surface area contributed by atoms with Crippen molar-refractivity contribution < 1.29 is 13.2 Å². The molecule has 0 bridgehead atoms. The maximum Gasteiger partial charge on any atom is 0.243 e. The van der Waals surface area contributed by atoms with Gasteiger partial charge in [0.15, 0.2) is 0 Å². The average molecular weight is 355 g/mol. The zero-order valence-corrected chi connectivity index (χ0v) is 13.9. The highest BCUT2D eigenvalue weighted by atomic mass is 35.5. The van der Waals surface area contributed by atoms with E-state index in [2.05, 4.69) is 15.5 Å². The number of rotatable bonds is 5. The minimum atomic E-state index is -3.56. The maximum atomic E-state index is 12.5. The highest BCUT2D eigenvalue weighted by molar-refractivity contribution is 7.89. The molecule has 122 valence electrons. The van der Waals surface area contributed by atoms with Crippen LogP contribution in [0.3, 0.4) is 0 Å². The minimum Gasteiger partial charge on any atom is -0.495 e. The summed E-state index contributed by atoms with van der Waals surface area (Å²) in [5.74, 6) is 1.07. The van der Waals surface area contributed by atoms with Gasteiger partial charge in [0.1, 0.15) is 11.6 Å². The maximum absolute atomic E-state index is 12.5. The summed E-state index contributed by atoms with van der Waals surface area (Å²) in [4.78, 5) is 0.154. The third-order valence-electron chi connectivity index (χ3n) is 3.53. The van der Waals surface area contributed by atoms with Crippen LogP contribution in [0, 0.1) is 0 Å². The van der Waals surface area contributed by atoms with Crippen molar-refractivity contribution >= 4 is 27.4 Å². The molecule has 1 aliphatic rings. The Morgan fingerprint density at radius 3 is 2.74 bits per heavy atom. The second-order valence-electron chi connectivity index (χ2n) is 5.07. The Kier molecular flexibility index (Phi) is 4.38. The Balaban J connectivity index is 1.67. The summed E-state index contributed by atoms with van der Waals surface area (Å²) in [6.07, 6.45) is 1.58. The summed E-state index contributed by atoms with van der Waals surface area (Å²) in [5.41, 5.74) is 0. The second kappa shape index (κ2) is 6.31. The van der Waals surface area contributed by atoms with Gasteiger partial charge in [0.05, 0.1) is 23.1 Å². The fourth-order valence-corrected chi connectivity index (χ4v) is 4.15. The van der Waals surface area contributed by atoms with E-state index in [0.29, 0.717) is 24.7 Å². The van der Waals surface area contributed by atoms with Crippen molar-refractivity contribution in [2.45, 2.75) is 10.9 Å². The quantitative estimate of drug-likeness (QED) is 0.878. The molecule has 23 heavy (non-hydrogen) atoms. The van der Waals surface area contributed by atoms with Gasteiger partial charge in [-0.25, -0.2) is 8.42 Å². The molecule has 0 saturated carbocycles. The van der Waals surface area contributed by atoms with Gasteiger partial charge < -0.3 is 10.1 Å². The fraction of sp³-hybridized carbons (Fsp3) is 0.286. The lowest BCUT2D eigenvalue weighted by molar-refractivity contribution is 0.280. The Labute approximate surface area is 139 Å². The van der Waals surface area contributed by atoms with Crippen LogP contribution in [0.1, 0.15) is 0 Å². The first-order valence-electron chi connectivity index (χ1n) is 6.88. The van der Waals surface area contributed by atoms with Gasteiger partial charge in [-0.2, -0.15) is 9.40 Å². The standard InChI is InChI=1S/C14H15ClN4O3S/c1-22-13-5-4-11(7-12(13)15)23(20,21)19-8-10(9-19)17-14-3-2-6-16-18-14/h2-7,10H,8-9H2,1H3,(H,17,18). The number of hydrogen-bond donors (Lipinski definition) is 1. The number of nitrogens with zero attached hydrogens (tertiary/aromatic N) is 3. The number of anilines is 1. The predicted octanol–water partition coefficient (Wildman–Crippen LogP) is 1.62. The largest absolute Gasteiger partial charge is 0.495 e. The Morgan fingerprint density at radius 2 is 2.13 bits per heavy atom. The summed E-state index contributed by atoms with van der Waals surface area (Å²) in [6.45, 7) is 0.727. The molecule has 9 heteroatoms. The van der Waals surface area contributed by atoms with Gasteiger partial charge in [-0.3, -0.25) is 0 Å². The smallest absolute Gasteiger partial charge is 0.243 e. The molecule has 0 unspecified atom stereocenters. The summed E-state index contributed by atoms with van der Waals surface area (Å²) < 4.78 is 31.5. The van der Waals surface area contributed by atoms with Crippen LogP contribution in [0.25, 0.3) is 0 Å². The lowest BCUT2D eigenvalue weighted by Crippen LogP contribution is -2.56. The fourth-order valence-electron chi connectivity index (χ4n) is 2.27. The molecule has 0 amide bonds. The SMILES string of the molecule is COc1ccc(S(=O)(=O)N2CC(Nc3cccnn3)C2)cc1Cl. The van der Waals surface area contributed by atoms with Crippen LogP contribution in [0.15, 0.2) is 41.4 Å². The number of nitrogens with one attached hydrogen (secondary N) is 1. The molecule has 1 saturated heterocycles. The van der Waals surface area contributed by atoms with E-state index >= 15 is 0 Å². The van der Waals surface area contributed by atoms with E-state index in [9.17, 15) is 8.42 Å². The van der Waals surface area contributed by atoms with Gasteiger partial charge in [-0.05, 0) is 30.3 Å². The lowest BCUT2D eigenvalue weighted by Gasteiger charge is -2.38. The molecule has 2 aromatic rings. The van der Waals surface area contributed by atoms with Crippen LogP contribution >= 0.6 is 11.6 Å². The molecular formula is C14H15ClN4O3S. The van der Waals surface area contributed by atoms with Gasteiger partial charge >= 0.3 is 0 Å². The molecule has 1 fully saturated rings. The van der Waals surface area contributed by atoms with Crippen LogP contribution in [-0.4, -0.2) is 49.2 Å². The molecule has 1 aromatic carbocycles. The number of aromatic nitrogens is 2. The number of halogens is 1. The third-order valence-corrected chi connectivity index (χ3v) is 5.66. The number of sulfonamides is 1. The second-order valence-corrected chi connectivity index (χ2v) is 7.41. The van der Waals surface area contributed by atoms with Gasteiger partial charge in [-0.1, -0.05) is 11.6 Å². The van der Waals surface area contributed by atoms with E-state index in [-0.39, 0.29) is 16.0 Å². The third kappa shape index (κ3) is 3.24. The predicted molar refractivity (Wildman–Crippen MR) is 86.2 cm³/mol. The first-order chi connectivity index (χ1) is 11.0. The monoisotopic (exact) mass is 354 g/mol. The van der Waals surface area contributed by atoms with Crippen LogP contribution < -0.4 is 10.1 Å². The van der Waals surface area contributed by atoms with Crippen LogP contribution in [0.2, 0.25) is 5.02 Å². The van der Waals surface area contributed by atoms with Gasteiger partial charge in [0, 0.05) is 19.3 Å². The summed E-state index contributed by atoms with van der Waals surface area (Å²) in [5, 5.41) is 11.1. The highest BCUT2D eigenvalue weighted by Gasteiger charge is 2.37. The van der Waals surface area contributed by atoms with Crippen LogP contribution in [0.4, 0.5) is 5.82 Å². The van der Waals surface area contributed by atoms with Crippen molar-refractivity contribution in [1.29, 1.82) is 0 Å². The van der Waals surface area contributed by atoms with E-state index < -0.39 is 10.0 Å². The molecule has 3 rings (SSSR count). The first-order valence-corrected chi connectivity index (χ1v) is 8.70. The molecule has 2 heterocycles. The molecular weight excluding hydrogens is 340 g/mol. The van der Waals surface area contributed by atoms with Gasteiger partial charge in [-0.15, -0.1) is 5.10 Å². The molecule has 7 nitrogen and oxygen atoms in total. The van der Waals surface area contributed by atoms with E-state index in [1.807, 2.05) is 0 Å². The number of ether oxygens (including phenoxy) is 1. The molecule has 0 spiro atoms. The molecule has 1 N–H and O–H groups in total. The van der Waals surface area contributed by atoms with Crippen LogP contribution in [0.5, 0.6) is 5.75 Å². The zero-order chi connectivity index (χ0) is 16.4. The average Bonchev–Trinajstić information content (AvgIpc) is 2.51. The van der Waals surface area contributed by atoms with Crippen LogP contribution in [-0.2, 0) is 10.0 Å². The Morgan fingerprint density at radius 1 is 1.35 bits per heavy atom. The molecule has 0 atom stereocenters. The van der Waals surface area contributed by atoms with Gasteiger partial charge in [0.25, 0.3) is 0 Å². The normalized spacial score (nSPS) is 15.9. The van der Waals surface area contributed by atoms with E-state index in [1.165, 1.54) is 23.5 Å². The Bertz CT molecular complexity index is 795. The van der Waals surface area contributed by atoms with Crippen molar-refractivity contribution in [1.82, 2.24) is 14.5 Å². The molecule has 0 aliphatic carbocycles. The zero-order valence-electron chi connectivity index (χ0n) is 12.3. The summed E-state index contributed by atoms with van der Waals surface area (Å²) >= 11 is 6.00. The van der Waals surface area contributed by atoms with Crippen molar-refractivity contribution in [2.75, 3.05) is 25.5 Å². The summed E-state index contributed by atoms with van der Waals surface area (Å²) in [6, 6.07) is 8.00. The van der Waals surface area contributed by atoms with Crippen molar-refractivity contribution in [3.05, 3.63) is 41.6 Å². The summed E-state index contributed by atoms with van der Waals surface area (Å²) in [7, 11) is -2.08. The first kappa shape index (κ1) is 16.0. The number of benzene rings is 1. The molecule has 1 aromatic heterocycles. The highest BCUT2D eigenvalue weighted by Crippen LogP contribution is 2.30.